The Hall–Kier alpha value is -1.27. The van der Waals surface area contributed by atoms with E-state index in [0.717, 1.165) is 22.6 Å². The highest BCUT2D eigenvalue weighted by molar-refractivity contribution is 7.10. The van der Waals surface area contributed by atoms with Gasteiger partial charge in [-0.05, 0) is 33.1 Å². The van der Waals surface area contributed by atoms with Crippen LogP contribution in [0.1, 0.15) is 38.1 Å². The van der Waals surface area contributed by atoms with Crippen LogP contribution in [0.3, 0.4) is 0 Å². The first-order valence-corrected chi connectivity index (χ1v) is 8.45. The van der Waals surface area contributed by atoms with Gasteiger partial charge in [-0.1, -0.05) is 0 Å². The largest absolute Gasteiger partial charge is 0.490 e. The number of hydrogen-bond acceptors (Lipinski definition) is 5. The average Bonchev–Trinajstić information content (AvgIpc) is 2.84. The normalized spacial score (nSPS) is 17.6. The zero-order valence-electron chi connectivity index (χ0n) is 14.0. The molecule has 1 amide bonds. The lowest BCUT2D eigenvalue weighted by atomic mass is 10.0. The molecule has 1 aromatic rings. The zero-order chi connectivity index (χ0) is 16.3. The molecule has 124 valence electrons. The fraction of sp³-hybridized carbons (Fsp3) is 0.688. The summed E-state index contributed by atoms with van der Waals surface area (Å²) in [6.07, 6.45) is 0.475. The molecule has 0 radical (unpaired) electrons. The van der Waals surface area contributed by atoms with Crippen LogP contribution in [0, 0.1) is 0 Å². The molecule has 0 saturated carbocycles. The molecule has 0 N–H and O–H groups in total. The Kier molecular flexibility index (Phi) is 5.34. The van der Waals surface area contributed by atoms with E-state index >= 15 is 0 Å². The number of fused-ring (bicyclic) bond motifs is 1. The molecule has 0 saturated heterocycles. The lowest BCUT2D eigenvalue weighted by Crippen LogP contribution is -2.46. The topological polar surface area (TPSA) is 48.0 Å². The predicted molar refractivity (Wildman–Crippen MR) is 86.6 cm³/mol. The van der Waals surface area contributed by atoms with E-state index in [4.69, 9.17) is 14.2 Å². The number of carbonyl (C=O) groups excluding carboxylic acids is 1. The van der Waals surface area contributed by atoms with Crippen molar-refractivity contribution in [2.45, 2.75) is 52.4 Å². The molecule has 5 nitrogen and oxygen atoms in total. The van der Waals surface area contributed by atoms with E-state index in [-0.39, 0.29) is 12.1 Å². The van der Waals surface area contributed by atoms with E-state index in [1.54, 1.807) is 23.3 Å². The highest BCUT2D eigenvalue weighted by Crippen LogP contribution is 2.36. The maximum atomic E-state index is 12.1. The van der Waals surface area contributed by atoms with E-state index in [1.807, 2.05) is 27.7 Å². The molecular weight excluding hydrogens is 302 g/mol. The molecule has 1 unspecified atom stereocenters. The van der Waals surface area contributed by atoms with Crippen LogP contribution in [-0.4, -0.2) is 42.9 Å². The second-order valence-electron chi connectivity index (χ2n) is 6.41. The Morgan fingerprint density at radius 1 is 1.50 bits per heavy atom. The van der Waals surface area contributed by atoms with Gasteiger partial charge in [0.15, 0.2) is 0 Å². The number of amides is 1. The third-order valence-corrected chi connectivity index (χ3v) is 4.42. The Morgan fingerprint density at radius 3 is 2.86 bits per heavy atom. The maximum absolute atomic E-state index is 12.1. The smallest absolute Gasteiger partial charge is 0.410 e. The summed E-state index contributed by atoms with van der Waals surface area (Å²) < 4.78 is 16.8. The molecule has 1 aromatic heterocycles. The predicted octanol–water partition coefficient (Wildman–Crippen LogP) is 3.46. The van der Waals surface area contributed by atoms with Gasteiger partial charge in [-0.25, -0.2) is 4.79 Å². The van der Waals surface area contributed by atoms with Gasteiger partial charge in [0.05, 0.1) is 17.5 Å². The summed E-state index contributed by atoms with van der Waals surface area (Å²) in [5.41, 5.74) is 0.658. The van der Waals surface area contributed by atoms with Crippen molar-refractivity contribution in [3.8, 4) is 5.75 Å². The van der Waals surface area contributed by atoms with E-state index < -0.39 is 5.60 Å². The summed E-state index contributed by atoms with van der Waals surface area (Å²) in [4.78, 5) is 14.9. The third-order valence-electron chi connectivity index (χ3n) is 3.43. The van der Waals surface area contributed by atoms with Gasteiger partial charge in [-0.3, -0.25) is 0 Å². The number of nitrogens with zero attached hydrogens (tertiary/aromatic N) is 1. The number of rotatable bonds is 4. The molecule has 0 spiro atoms. The van der Waals surface area contributed by atoms with Crippen molar-refractivity contribution < 1.29 is 19.0 Å². The van der Waals surface area contributed by atoms with Gasteiger partial charge >= 0.3 is 6.09 Å². The van der Waals surface area contributed by atoms with Crippen LogP contribution in [0.25, 0.3) is 0 Å². The van der Waals surface area contributed by atoms with Crippen LogP contribution in [0.15, 0.2) is 5.38 Å². The van der Waals surface area contributed by atoms with Crippen LogP contribution in [0.5, 0.6) is 5.75 Å². The van der Waals surface area contributed by atoms with Crippen LogP contribution in [0.2, 0.25) is 0 Å². The quantitative estimate of drug-likeness (QED) is 0.850. The van der Waals surface area contributed by atoms with Crippen LogP contribution >= 0.6 is 11.3 Å². The van der Waals surface area contributed by atoms with Crippen LogP contribution in [0.4, 0.5) is 4.79 Å². The molecule has 1 aliphatic heterocycles. The first-order chi connectivity index (χ1) is 10.3. The van der Waals surface area contributed by atoms with E-state index in [2.05, 4.69) is 5.38 Å². The first-order valence-electron chi connectivity index (χ1n) is 7.57. The van der Waals surface area contributed by atoms with E-state index in [9.17, 15) is 4.79 Å². The zero-order valence-corrected chi connectivity index (χ0v) is 14.8. The standard InChI is InChI=1S/C16H25NO4S/c1-6-19-9-13-14-11(10-22-13)7-12(8-20-14)17(5)15(18)21-16(2,3)4/h10,12H,6-9H2,1-5H3. The Balaban J connectivity index is 2.00. The third kappa shape index (κ3) is 4.14. The van der Waals surface area contributed by atoms with Gasteiger partial charge in [0, 0.05) is 25.6 Å². The molecule has 0 aliphatic carbocycles. The molecule has 6 heteroatoms. The average molecular weight is 327 g/mol. The summed E-state index contributed by atoms with van der Waals surface area (Å²) in [6, 6.07) is -0.00288. The van der Waals surface area contributed by atoms with Crippen LogP contribution < -0.4 is 4.74 Å². The second-order valence-corrected chi connectivity index (χ2v) is 7.37. The number of hydrogen-bond donors (Lipinski definition) is 0. The fourth-order valence-corrected chi connectivity index (χ4v) is 3.20. The van der Waals surface area contributed by atoms with Crippen molar-refractivity contribution in [3.05, 3.63) is 15.8 Å². The van der Waals surface area contributed by atoms with Crippen molar-refractivity contribution in [1.29, 1.82) is 0 Å². The Morgan fingerprint density at radius 2 is 2.23 bits per heavy atom. The molecule has 0 aromatic carbocycles. The van der Waals surface area contributed by atoms with Crippen molar-refractivity contribution in [1.82, 2.24) is 4.90 Å². The molecular formula is C16H25NO4S. The molecule has 2 heterocycles. The minimum absolute atomic E-state index is 0.00288. The summed E-state index contributed by atoms with van der Waals surface area (Å²) in [5.74, 6) is 0.937. The van der Waals surface area contributed by atoms with Crippen molar-refractivity contribution in [2.24, 2.45) is 0 Å². The minimum atomic E-state index is -0.487. The van der Waals surface area contributed by atoms with Gasteiger partial charge in [0.1, 0.15) is 18.0 Å². The van der Waals surface area contributed by atoms with Gasteiger partial charge < -0.3 is 19.1 Å². The highest BCUT2D eigenvalue weighted by Gasteiger charge is 2.31. The van der Waals surface area contributed by atoms with Gasteiger partial charge in [-0.15, -0.1) is 11.3 Å². The van der Waals surface area contributed by atoms with Crippen molar-refractivity contribution >= 4 is 17.4 Å². The van der Waals surface area contributed by atoms with E-state index in [0.29, 0.717) is 19.8 Å². The molecule has 0 fully saturated rings. The number of ether oxygens (including phenoxy) is 3. The second kappa shape index (κ2) is 6.87. The maximum Gasteiger partial charge on any atom is 0.410 e. The molecule has 1 aliphatic rings. The lowest BCUT2D eigenvalue weighted by molar-refractivity contribution is 0.0158. The summed E-state index contributed by atoms with van der Waals surface area (Å²) in [5, 5.41) is 2.10. The number of thiophene rings is 1. The summed E-state index contributed by atoms with van der Waals surface area (Å²) in [7, 11) is 1.76. The summed E-state index contributed by atoms with van der Waals surface area (Å²) in [6.45, 7) is 9.35. The van der Waals surface area contributed by atoms with Crippen molar-refractivity contribution in [2.75, 3.05) is 20.3 Å². The lowest BCUT2D eigenvalue weighted by Gasteiger charge is -2.33. The van der Waals surface area contributed by atoms with Gasteiger partial charge in [0.2, 0.25) is 0 Å². The molecule has 22 heavy (non-hydrogen) atoms. The monoisotopic (exact) mass is 327 g/mol. The van der Waals surface area contributed by atoms with Crippen LogP contribution in [-0.2, 0) is 22.5 Å². The van der Waals surface area contributed by atoms with Gasteiger partial charge in [0.25, 0.3) is 0 Å². The SMILES string of the molecule is CCOCc1scc2c1OCC(N(C)C(=O)OC(C)(C)C)C2. The molecule has 0 bridgehead atoms. The molecule has 1 atom stereocenters. The summed E-state index contributed by atoms with van der Waals surface area (Å²) >= 11 is 1.65. The fourth-order valence-electron chi connectivity index (χ4n) is 2.26. The minimum Gasteiger partial charge on any atom is -0.490 e. The number of carbonyl (C=O) groups is 1. The Labute approximate surface area is 136 Å². The van der Waals surface area contributed by atoms with Crippen molar-refractivity contribution in [3.63, 3.8) is 0 Å². The van der Waals surface area contributed by atoms with E-state index in [1.165, 1.54) is 0 Å². The highest BCUT2D eigenvalue weighted by atomic mass is 32.1. The Bertz CT molecular complexity index is 521. The molecule has 2 rings (SSSR count). The van der Waals surface area contributed by atoms with Gasteiger partial charge in [-0.2, -0.15) is 0 Å². The first kappa shape index (κ1) is 17.1. The number of likely N-dealkylation sites (N-methyl/N-ethyl adjacent to an activating group) is 1.